The largest absolute Gasteiger partial charge is 0.356 e. The molecule has 0 aromatic heterocycles. The van der Waals surface area contributed by atoms with Gasteiger partial charge in [0.2, 0.25) is 17.7 Å². The van der Waals surface area contributed by atoms with Crippen LogP contribution in [-0.2, 0) is 14.4 Å². The molecule has 1 heterocycles. The third-order valence-electron chi connectivity index (χ3n) is 5.50. The number of carbonyl (C=O) groups excluding carboxylic acids is 3. The predicted molar refractivity (Wildman–Crippen MR) is 96.7 cm³/mol. The van der Waals surface area contributed by atoms with Gasteiger partial charge in [0.25, 0.3) is 0 Å². The fraction of sp³-hybridized carbons (Fsp3) is 0.842. The monoisotopic (exact) mass is 351 g/mol. The number of hydrogen-bond donors (Lipinski definition) is 1. The molecule has 2 fully saturated rings. The lowest BCUT2D eigenvalue weighted by molar-refractivity contribution is -0.143. The Kier molecular flexibility index (Phi) is 7.26. The molecule has 1 aliphatic heterocycles. The summed E-state index contributed by atoms with van der Waals surface area (Å²) in [5, 5.41) is 3.03. The molecule has 0 unspecified atom stereocenters. The molecule has 2 aliphatic rings. The first-order valence-electron chi connectivity index (χ1n) is 9.70. The molecule has 0 aromatic carbocycles. The van der Waals surface area contributed by atoms with E-state index in [1.807, 2.05) is 4.90 Å². The highest BCUT2D eigenvalue weighted by Gasteiger charge is 2.33. The average Bonchev–Trinajstić information content (AvgIpc) is 2.61. The number of hydrogen-bond acceptors (Lipinski definition) is 3. The molecule has 0 aromatic rings. The molecule has 1 N–H and O–H groups in total. The first-order valence-corrected chi connectivity index (χ1v) is 9.70. The number of nitrogens with one attached hydrogen (secondary N) is 1. The molecule has 3 amide bonds. The van der Waals surface area contributed by atoms with E-state index in [-0.39, 0.29) is 29.6 Å². The van der Waals surface area contributed by atoms with Crippen LogP contribution in [0.4, 0.5) is 0 Å². The van der Waals surface area contributed by atoms with Gasteiger partial charge in [0.05, 0.1) is 0 Å². The Morgan fingerprint density at radius 1 is 0.920 bits per heavy atom. The normalized spacial score (nSPS) is 24.3. The fourth-order valence-electron chi connectivity index (χ4n) is 3.73. The van der Waals surface area contributed by atoms with Gasteiger partial charge in [0.15, 0.2) is 0 Å². The van der Waals surface area contributed by atoms with E-state index in [1.54, 1.807) is 11.8 Å². The number of amides is 3. The molecule has 0 bridgehead atoms. The van der Waals surface area contributed by atoms with Crippen molar-refractivity contribution in [3.05, 3.63) is 0 Å². The summed E-state index contributed by atoms with van der Waals surface area (Å²) in [6, 6.07) is 0. The van der Waals surface area contributed by atoms with Crippen molar-refractivity contribution in [2.45, 2.75) is 52.9 Å². The Morgan fingerprint density at radius 3 is 1.96 bits per heavy atom. The van der Waals surface area contributed by atoms with Crippen LogP contribution in [0.3, 0.4) is 0 Å². The molecular weight excluding hydrogens is 318 g/mol. The van der Waals surface area contributed by atoms with Crippen LogP contribution in [0.25, 0.3) is 0 Å². The maximum absolute atomic E-state index is 12.7. The SMILES string of the molecule is CC(=O)N1CCN(C(=O)C2CCC(C(=O)NCCC(C)C)CC2)CC1. The molecule has 1 saturated heterocycles. The zero-order valence-electron chi connectivity index (χ0n) is 15.9. The minimum Gasteiger partial charge on any atom is -0.356 e. The number of rotatable bonds is 5. The summed E-state index contributed by atoms with van der Waals surface area (Å²) in [6.45, 7) is 9.16. The standard InChI is InChI=1S/C19H33N3O3/c1-14(2)8-9-20-18(24)16-4-6-17(7-5-16)19(25)22-12-10-21(11-13-22)15(3)23/h14,16-17H,4-13H2,1-3H3,(H,20,24). The Hall–Kier alpha value is -1.59. The van der Waals surface area contributed by atoms with E-state index in [9.17, 15) is 14.4 Å². The van der Waals surface area contributed by atoms with Crippen LogP contribution in [0.1, 0.15) is 52.9 Å². The molecule has 6 nitrogen and oxygen atoms in total. The number of carbonyl (C=O) groups is 3. The van der Waals surface area contributed by atoms with Crippen LogP contribution in [0.15, 0.2) is 0 Å². The molecule has 142 valence electrons. The molecular formula is C19H33N3O3. The lowest BCUT2D eigenvalue weighted by Gasteiger charge is -2.37. The maximum atomic E-state index is 12.7. The van der Waals surface area contributed by atoms with Crippen molar-refractivity contribution in [2.24, 2.45) is 17.8 Å². The van der Waals surface area contributed by atoms with E-state index < -0.39 is 0 Å². The highest BCUT2D eigenvalue weighted by molar-refractivity contribution is 5.81. The van der Waals surface area contributed by atoms with Crippen LogP contribution in [-0.4, -0.2) is 60.2 Å². The zero-order valence-corrected chi connectivity index (χ0v) is 15.9. The van der Waals surface area contributed by atoms with Crippen molar-refractivity contribution >= 4 is 17.7 Å². The number of nitrogens with zero attached hydrogens (tertiary/aromatic N) is 2. The minimum absolute atomic E-state index is 0.0450. The zero-order chi connectivity index (χ0) is 18.4. The van der Waals surface area contributed by atoms with E-state index in [1.165, 1.54) is 0 Å². The summed E-state index contributed by atoms with van der Waals surface area (Å²) in [5.41, 5.74) is 0. The van der Waals surface area contributed by atoms with Crippen LogP contribution < -0.4 is 5.32 Å². The first-order chi connectivity index (χ1) is 11.9. The maximum Gasteiger partial charge on any atom is 0.225 e. The lowest BCUT2D eigenvalue weighted by Crippen LogP contribution is -2.51. The summed E-state index contributed by atoms with van der Waals surface area (Å²) < 4.78 is 0. The van der Waals surface area contributed by atoms with E-state index in [0.29, 0.717) is 32.1 Å². The lowest BCUT2D eigenvalue weighted by atomic mass is 9.80. The molecule has 25 heavy (non-hydrogen) atoms. The fourth-order valence-corrected chi connectivity index (χ4v) is 3.73. The Morgan fingerprint density at radius 2 is 1.44 bits per heavy atom. The van der Waals surface area contributed by atoms with Gasteiger partial charge in [-0.1, -0.05) is 13.8 Å². The van der Waals surface area contributed by atoms with Gasteiger partial charge in [-0.15, -0.1) is 0 Å². The summed E-state index contributed by atoms with van der Waals surface area (Å²) in [6.07, 6.45) is 4.21. The van der Waals surface area contributed by atoms with Gasteiger partial charge in [0, 0.05) is 51.5 Å². The van der Waals surface area contributed by atoms with Crippen molar-refractivity contribution in [2.75, 3.05) is 32.7 Å². The second kappa shape index (κ2) is 9.20. The first kappa shape index (κ1) is 19.7. The minimum atomic E-state index is 0.0450. The van der Waals surface area contributed by atoms with Crippen LogP contribution >= 0.6 is 0 Å². The highest BCUT2D eigenvalue weighted by atomic mass is 16.2. The molecule has 6 heteroatoms. The summed E-state index contributed by atoms with van der Waals surface area (Å²) in [4.78, 5) is 40.0. The average molecular weight is 351 g/mol. The molecule has 1 saturated carbocycles. The van der Waals surface area contributed by atoms with Gasteiger partial charge in [-0.2, -0.15) is 0 Å². The third kappa shape index (κ3) is 5.72. The van der Waals surface area contributed by atoms with Crippen molar-refractivity contribution < 1.29 is 14.4 Å². The van der Waals surface area contributed by atoms with Gasteiger partial charge in [-0.3, -0.25) is 14.4 Å². The predicted octanol–water partition coefficient (Wildman–Crippen LogP) is 1.65. The summed E-state index contributed by atoms with van der Waals surface area (Å²) in [5.74, 6) is 1.14. The quantitative estimate of drug-likeness (QED) is 0.819. The van der Waals surface area contributed by atoms with Crippen molar-refractivity contribution in [1.82, 2.24) is 15.1 Å². The molecule has 2 rings (SSSR count). The molecule has 0 atom stereocenters. The summed E-state index contributed by atoms with van der Waals surface area (Å²) in [7, 11) is 0. The van der Waals surface area contributed by atoms with Crippen molar-refractivity contribution in [3.8, 4) is 0 Å². The molecule has 0 radical (unpaired) electrons. The van der Waals surface area contributed by atoms with E-state index >= 15 is 0 Å². The smallest absolute Gasteiger partial charge is 0.225 e. The van der Waals surface area contributed by atoms with E-state index in [4.69, 9.17) is 0 Å². The topological polar surface area (TPSA) is 69.7 Å². The highest BCUT2D eigenvalue weighted by Crippen LogP contribution is 2.30. The van der Waals surface area contributed by atoms with E-state index in [0.717, 1.165) is 38.6 Å². The van der Waals surface area contributed by atoms with Gasteiger partial charge in [-0.05, 0) is 38.0 Å². The Bertz CT molecular complexity index is 476. The Labute approximate surface area is 151 Å². The molecule has 1 aliphatic carbocycles. The van der Waals surface area contributed by atoms with Gasteiger partial charge < -0.3 is 15.1 Å². The van der Waals surface area contributed by atoms with Crippen molar-refractivity contribution in [3.63, 3.8) is 0 Å². The van der Waals surface area contributed by atoms with Gasteiger partial charge in [0.1, 0.15) is 0 Å². The van der Waals surface area contributed by atoms with Crippen molar-refractivity contribution in [1.29, 1.82) is 0 Å². The van der Waals surface area contributed by atoms with E-state index in [2.05, 4.69) is 19.2 Å². The molecule has 0 spiro atoms. The number of piperazine rings is 1. The van der Waals surface area contributed by atoms with Crippen LogP contribution in [0, 0.1) is 17.8 Å². The Balaban J connectivity index is 1.71. The second-order valence-electron chi connectivity index (χ2n) is 7.85. The summed E-state index contributed by atoms with van der Waals surface area (Å²) >= 11 is 0. The second-order valence-corrected chi connectivity index (χ2v) is 7.85. The van der Waals surface area contributed by atoms with Crippen LogP contribution in [0.2, 0.25) is 0 Å². The third-order valence-corrected chi connectivity index (χ3v) is 5.50. The van der Waals surface area contributed by atoms with Gasteiger partial charge in [-0.25, -0.2) is 0 Å². The van der Waals surface area contributed by atoms with Crippen LogP contribution in [0.5, 0.6) is 0 Å². The van der Waals surface area contributed by atoms with Gasteiger partial charge >= 0.3 is 0 Å².